The Labute approximate surface area is 140 Å². The fourth-order valence-corrected chi connectivity index (χ4v) is 2.90. The highest BCUT2D eigenvalue weighted by molar-refractivity contribution is 5.76. The molecule has 5 heteroatoms. The summed E-state index contributed by atoms with van der Waals surface area (Å²) in [5.74, 6) is -0.541. The first-order valence-corrected chi connectivity index (χ1v) is 8.03. The van der Waals surface area contributed by atoms with E-state index in [0.29, 0.717) is 12.2 Å². The molecule has 3 rings (SSSR count). The molecular weight excluding hydrogens is 309 g/mol. The smallest absolute Gasteiger partial charge is 0.223 e. The van der Waals surface area contributed by atoms with Crippen molar-refractivity contribution in [2.24, 2.45) is 0 Å². The van der Waals surface area contributed by atoms with E-state index in [0.717, 1.165) is 12.0 Å². The van der Waals surface area contributed by atoms with Gasteiger partial charge in [-0.25, -0.2) is 4.39 Å². The molecule has 0 aliphatic carbocycles. The maximum Gasteiger partial charge on any atom is 0.223 e. The number of hydrogen-bond acceptors (Lipinski definition) is 3. The number of benzene rings is 2. The lowest BCUT2D eigenvalue weighted by Crippen LogP contribution is -2.31. The van der Waals surface area contributed by atoms with E-state index in [2.05, 4.69) is 11.4 Å². The minimum absolute atomic E-state index is 0.0822. The second-order valence-corrected chi connectivity index (χ2v) is 5.88. The zero-order valence-corrected chi connectivity index (χ0v) is 13.2. The molecule has 0 spiro atoms. The largest absolute Gasteiger partial charge is 0.387 e. The SMILES string of the molecule is O=C(CC1OCCc2ccccc21)NCC(O)c1ccc(F)cc1. The summed E-state index contributed by atoms with van der Waals surface area (Å²) in [6.45, 7) is 0.687. The number of rotatable bonds is 5. The van der Waals surface area contributed by atoms with Gasteiger partial charge in [0.15, 0.2) is 0 Å². The van der Waals surface area contributed by atoms with Crippen LogP contribution in [0.2, 0.25) is 0 Å². The summed E-state index contributed by atoms with van der Waals surface area (Å²) in [6.07, 6.45) is -0.0444. The minimum atomic E-state index is -0.867. The molecule has 2 N–H and O–H groups in total. The molecule has 0 aromatic heterocycles. The number of aliphatic hydroxyl groups excluding tert-OH is 1. The van der Waals surface area contributed by atoms with Crippen LogP contribution in [0.25, 0.3) is 0 Å². The molecule has 2 aromatic carbocycles. The Balaban J connectivity index is 1.54. The highest BCUT2D eigenvalue weighted by atomic mass is 19.1. The number of ether oxygens (including phenoxy) is 1. The predicted molar refractivity (Wildman–Crippen MR) is 87.8 cm³/mol. The molecule has 24 heavy (non-hydrogen) atoms. The Morgan fingerprint density at radius 2 is 2.00 bits per heavy atom. The number of hydrogen-bond donors (Lipinski definition) is 2. The van der Waals surface area contributed by atoms with Gasteiger partial charge < -0.3 is 15.2 Å². The molecule has 1 aliphatic rings. The average molecular weight is 329 g/mol. The normalized spacial score (nSPS) is 17.8. The van der Waals surface area contributed by atoms with E-state index in [1.807, 2.05) is 18.2 Å². The fraction of sp³-hybridized carbons (Fsp3) is 0.316. The topological polar surface area (TPSA) is 58.6 Å². The lowest BCUT2D eigenvalue weighted by atomic mass is 9.95. The standard InChI is InChI=1S/C19H20FNO3/c20-15-7-5-14(6-8-15)17(22)12-21-19(23)11-18-16-4-2-1-3-13(16)9-10-24-18/h1-8,17-18,22H,9-12H2,(H,21,23). The highest BCUT2D eigenvalue weighted by Crippen LogP contribution is 2.29. The maximum absolute atomic E-state index is 12.9. The zero-order valence-electron chi connectivity index (χ0n) is 13.2. The van der Waals surface area contributed by atoms with Crippen LogP contribution in [0.5, 0.6) is 0 Å². The van der Waals surface area contributed by atoms with Crippen molar-refractivity contribution in [1.82, 2.24) is 5.32 Å². The number of carbonyl (C=O) groups excluding carboxylic acids is 1. The lowest BCUT2D eigenvalue weighted by molar-refractivity contribution is -0.124. The third-order valence-electron chi connectivity index (χ3n) is 4.21. The summed E-state index contributed by atoms with van der Waals surface area (Å²) in [4.78, 5) is 12.1. The molecular formula is C19H20FNO3. The molecule has 0 saturated heterocycles. The van der Waals surface area contributed by atoms with E-state index in [1.165, 1.54) is 29.8 Å². The summed E-state index contributed by atoms with van der Waals surface area (Å²) in [5, 5.41) is 12.8. The first-order chi connectivity index (χ1) is 11.6. The van der Waals surface area contributed by atoms with Crippen LogP contribution < -0.4 is 5.32 Å². The van der Waals surface area contributed by atoms with Crippen molar-refractivity contribution in [3.63, 3.8) is 0 Å². The highest BCUT2D eigenvalue weighted by Gasteiger charge is 2.23. The van der Waals surface area contributed by atoms with Crippen LogP contribution in [-0.2, 0) is 16.0 Å². The van der Waals surface area contributed by atoms with Crippen molar-refractivity contribution in [2.75, 3.05) is 13.2 Å². The third kappa shape index (κ3) is 3.99. The van der Waals surface area contributed by atoms with E-state index in [1.54, 1.807) is 0 Å². The van der Waals surface area contributed by atoms with E-state index >= 15 is 0 Å². The van der Waals surface area contributed by atoms with Gasteiger partial charge in [-0.1, -0.05) is 36.4 Å². The second kappa shape index (κ2) is 7.55. The first-order valence-electron chi connectivity index (χ1n) is 8.03. The van der Waals surface area contributed by atoms with Gasteiger partial charge >= 0.3 is 0 Å². The minimum Gasteiger partial charge on any atom is -0.387 e. The third-order valence-corrected chi connectivity index (χ3v) is 4.21. The number of carbonyl (C=O) groups is 1. The van der Waals surface area contributed by atoms with E-state index in [9.17, 15) is 14.3 Å². The molecule has 2 unspecified atom stereocenters. The molecule has 0 saturated carbocycles. The van der Waals surface area contributed by atoms with Gasteiger partial charge in [-0.2, -0.15) is 0 Å². The molecule has 0 fully saturated rings. The quantitative estimate of drug-likeness (QED) is 0.887. The number of nitrogens with one attached hydrogen (secondary N) is 1. The van der Waals surface area contributed by atoms with Crippen LogP contribution in [0.3, 0.4) is 0 Å². The number of aliphatic hydroxyl groups is 1. The Hall–Kier alpha value is -2.24. The zero-order chi connectivity index (χ0) is 16.9. The molecule has 0 radical (unpaired) electrons. The van der Waals surface area contributed by atoms with Crippen LogP contribution in [0.1, 0.15) is 35.3 Å². The maximum atomic E-state index is 12.9. The van der Waals surface area contributed by atoms with Crippen molar-refractivity contribution >= 4 is 5.91 Å². The molecule has 1 heterocycles. The monoisotopic (exact) mass is 329 g/mol. The van der Waals surface area contributed by atoms with Gasteiger partial charge in [0, 0.05) is 6.54 Å². The van der Waals surface area contributed by atoms with Crippen LogP contribution in [0.15, 0.2) is 48.5 Å². The predicted octanol–water partition coefficient (Wildman–Crippen LogP) is 2.68. The summed E-state index contributed by atoms with van der Waals surface area (Å²) in [7, 11) is 0. The van der Waals surface area contributed by atoms with Gasteiger partial charge in [0.25, 0.3) is 0 Å². The molecule has 1 aliphatic heterocycles. The van der Waals surface area contributed by atoms with Gasteiger partial charge in [0.1, 0.15) is 5.82 Å². The van der Waals surface area contributed by atoms with Crippen molar-refractivity contribution in [3.8, 4) is 0 Å². The molecule has 126 valence electrons. The lowest BCUT2D eigenvalue weighted by Gasteiger charge is -2.25. The second-order valence-electron chi connectivity index (χ2n) is 5.88. The molecule has 0 bridgehead atoms. The Morgan fingerprint density at radius 3 is 2.79 bits per heavy atom. The van der Waals surface area contributed by atoms with Gasteiger partial charge in [0.05, 0.1) is 25.2 Å². The fourth-order valence-electron chi connectivity index (χ4n) is 2.90. The molecule has 4 nitrogen and oxygen atoms in total. The van der Waals surface area contributed by atoms with E-state index in [-0.39, 0.29) is 30.8 Å². The van der Waals surface area contributed by atoms with Crippen molar-refractivity contribution < 1.29 is 19.0 Å². The molecule has 1 amide bonds. The van der Waals surface area contributed by atoms with Gasteiger partial charge in [-0.05, 0) is 35.2 Å². The summed E-state index contributed by atoms with van der Waals surface area (Å²) in [5.41, 5.74) is 2.84. The number of fused-ring (bicyclic) bond motifs is 1. The van der Waals surface area contributed by atoms with Crippen molar-refractivity contribution in [1.29, 1.82) is 0 Å². The van der Waals surface area contributed by atoms with E-state index < -0.39 is 6.10 Å². The summed E-state index contributed by atoms with van der Waals surface area (Å²) >= 11 is 0. The summed E-state index contributed by atoms with van der Waals surface area (Å²) in [6, 6.07) is 13.6. The number of halogens is 1. The van der Waals surface area contributed by atoms with Crippen LogP contribution in [-0.4, -0.2) is 24.2 Å². The average Bonchev–Trinajstić information content (AvgIpc) is 2.61. The van der Waals surface area contributed by atoms with Crippen LogP contribution in [0, 0.1) is 5.82 Å². The van der Waals surface area contributed by atoms with E-state index in [4.69, 9.17) is 4.74 Å². The van der Waals surface area contributed by atoms with Crippen LogP contribution >= 0.6 is 0 Å². The van der Waals surface area contributed by atoms with Crippen molar-refractivity contribution in [2.45, 2.75) is 25.0 Å². The molecule has 2 atom stereocenters. The number of amides is 1. The Morgan fingerprint density at radius 1 is 1.25 bits per heavy atom. The first kappa shape index (κ1) is 16.6. The Bertz CT molecular complexity index is 702. The molecule has 2 aromatic rings. The van der Waals surface area contributed by atoms with Gasteiger partial charge in [0.2, 0.25) is 5.91 Å². The van der Waals surface area contributed by atoms with Crippen LogP contribution in [0.4, 0.5) is 4.39 Å². The summed E-state index contributed by atoms with van der Waals surface area (Å²) < 4.78 is 18.6. The Kier molecular flexibility index (Phi) is 5.23. The van der Waals surface area contributed by atoms with Gasteiger partial charge in [-0.15, -0.1) is 0 Å². The van der Waals surface area contributed by atoms with Gasteiger partial charge in [-0.3, -0.25) is 4.79 Å². The van der Waals surface area contributed by atoms with Crippen molar-refractivity contribution in [3.05, 3.63) is 71.0 Å².